The minimum absolute atomic E-state index is 0.0285. The van der Waals surface area contributed by atoms with Crippen LogP contribution in [-0.4, -0.2) is 14.2 Å². The molecule has 3 aromatic rings. The monoisotopic (exact) mass is 390 g/mol. The van der Waals surface area contributed by atoms with Crippen LogP contribution in [0.15, 0.2) is 95.5 Å². The van der Waals surface area contributed by atoms with Gasteiger partial charge in [0, 0.05) is 17.7 Å². The van der Waals surface area contributed by atoms with Crippen molar-refractivity contribution >= 4 is 21.5 Å². The van der Waals surface area contributed by atoms with Gasteiger partial charge < -0.3 is 5.32 Å². The molecule has 4 rings (SSSR count). The summed E-state index contributed by atoms with van der Waals surface area (Å²) in [5.74, 6) is -0.380. The predicted molar refractivity (Wildman–Crippen MR) is 108 cm³/mol. The highest BCUT2D eigenvalue weighted by Gasteiger charge is 2.32. The summed E-state index contributed by atoms with van der Waals surface area (Å²) >= 11 is 0. The third-order valence-electron chi connectivity index (χ3n) is 4.51. The van der Waals surface area contributed by atoms with Crippen molar-refractivity contribution in [2.45, 2.75) is 11.4 Å². The smallest absolute Gasteiger partial charge is 0.262 e. The number of benzene rings is 3. The first-order valence-corrected chi connectivity index (χ1v) is 10.3. The van der Waals surface area contributed by atoms with E-state index in [0.29, 0.717) is 23.4 Å². The number of rotatable bonds is 5. The average molecular weight is 390 g/mol. The van der Waals surface area contributed by atoms with Crippen molar-refractivity contribution in [2.24, 2.45) is 0 Å². The van der Waals surface area contributed by atoms with Gasteiger partial charge in [0.25, 0.3) is 10.0 Å². The largest absolute Gasteiger partial charge is 0.379 e. The summed E-state index contributed by atoms with van der Waals surface area (Å²) in [4.78, 5) is 13.2. The molecule has 0 atom stereocenters. The first kappa shape index (κ1) is 18.0. The molecule has 0 saturated carbocycles. The molecule has 0 bridgehead atoms. The summed E-state index contributed by atoms with van der Waals surface area (Å²) in [6, 6.07) is 25.0. The molecule has 28 heavy (non-hydrogen) atoms. The van der Waals surface area contributed by atoms with Crippen LogP contribution in [0.5, 0.6) is 0 Å². The van der Waals surface area contributed by atoms with Gasteiger partial charge in [-0.1, -0.05) is 78.9 Å². The molecular weight excluding hydrogens is 372 g/mol. The molecule has 0 radical (unpaired) electrons. The van der Waals surface area contributed by atoms with Gasteiger partial charge in [-0.2, -0.15) is 0 Å². The van der Waals surface area contributed by atoms with E-state index in [4.69, 9.17) is 0 Å². The number of nitrogens with one attached hydrogen (secondary N) is 2. The first-order valence-electron chi connectivity index (χ1n) is 8.80. The predicted octanol–water partition coefficient (Wildman–Crippen LogP) is 3.32. The molecule has 0 aliphatic carbocycles. The van der Waals surface area contributed by atoms with Crippen molar-refractivity contribution in [3.8, 4) is 0 Å². The molecule has 3 aromatic carbocycles. The molecule has 0 fully saturated rings. The SMILES string of the molecule is O=C(C1=C(NCc2ccccc2)c2ccccc2S(=O)(=O)N1)c1ccccc1. The summed E-state index contributed by atoms with van der Waals surface area (Å²) in [5, 5.41) is 3.26. The quantitative estimate of drug-likeness (QED) is 0.656. The maximum absolute atomic E-state index is 13.1. The number of sulfonamides is 1. The molecule has 6 heteroatoms. The van der Waals surface area contributed by atoms with Gasteiger partial charge in [-0.3, -0.25) is 9.52 Å². The van der Waals surface area contributed by atoms with E-state index >= 15 is 0 Å². The second-order valence-corrected chi connectivity index (χ2v) is 8.04. The Kier molecular flexibility index (Phi) is 4.71. The maximum atomic E-state index is 13.1. The molecule has 2 N–H and O–H groups in total. The first-order chi connectivity index (χ1) is 13.6. The topological polar surface area (TPSA) is 75.3 Å². The number of allylic oxidation sites excluding steroid dienone is 1. The van der Waals surface area contributed by atoms with Gasteiger partial charge in [0.1, 0.15) is 5.70 Å². The molecule has 0 spiro atoms. The van der Waals surface area contributed by atoms with E-state index in [1.807, 2.05) is 30.3 Å². The fourth-order valence-electron chi connectivity index (χ4n) is 3.15. The van der Waals surface area contributed by atoms with Crippen molar-refractivity contribution < 1.29 is 13.2 Å². The number of ketones is 1. The van der Waals surface area contributed by atoms with E-state index in [-0.39, 0.29) is 16.4 Å². The van der Waals surface area contributed by atoms with E-state index < -0.39 is 10.0 Å². The van der Waals surface area contributed by atoms with E-state index in [9.17, 15) is 13.2 Å². The van der Waals surface area contributed by atoms with E-state index in [2.05, 4.69) is 10.0 Å². The lowest BCUT2D eigenvalue weighted by molar-refractivity contribution is 0.103. The van der Waals surface area contributed by atoms with Crippen LogP contribution in [0.1, 0.15) is 21.5 Å². The Hall–Kier alpha value is -3.38. The number of hydrogen-bond acceptors (Lipinski definition) is 4. The van der Waals surface area contributed by atoms with Gasteiger partial charge in [0.2, 0.25) is 5.78 Å². The highest BCUT2D eigenvalue weighted by Crippen LogP contribution is 2.30. The summed E-state index contributed by atoms with van der Waals surface area (Å²) in [6.07, 6.45) is 0. The molecule has 140 valence electrons. The minimum atomic E-state index is -3.83. The Labute approximate surface area is 163 Å². The number of carbonyl (C=O) groups is 1. The summed E-state index contributed by atoms with van der Waals surface area (Å²) < 4.78 is 27.9. The summed E-state index contributed by atoms with van der Waals surface area (Å²) in [7, 11) is -3.83. The minimum Gasteiger partial charge on any atom is -0.379 e. The third kappa shape index (κ3) is 3.42. The molecular formula is C22H18N2O3S. The van der Waals surface area contributed by atoms with Crippen molar-refractivity contribution in [2.75, 3.05) is 0 Å². The molecule has 1 heterocycles. The van der Waals surface area contributed by atoms with Crippen molar-refractivity contribution in [1.82, 2.24) is 10.0 Å². The van der Waals surface area contributed by atoms with Gasteiger partial charge in [-0.15, -0.1) is 0 Å². The van der Waals surface area contributed by atoms with Crippen LogP contribution in [-0.2, 0) is 16.6 Å². The van der Waals surface area contributed by atoms with Crippen LogP contribution < -0.4 is 10.0 Å². The van der Waals surface area contributed by atoms with E-state index in [1.54, 1.807) is 48.5 Å². The van der Waals surface area contributed by atoms with Gasteiger partial charge in [-0.25, -0.2) is 8.42 Å². The second-order valence-electron chi connectivity index (χ2n) is 6.39. The zero-order valence-corrected chi connectivity index (χ0v) is 15.7. The number of hydrogen-bond donors (Lipinski definition) is 2. The Morgan fingerprint density at radius 3 is 2.14 bits per heavy atom. The Bertz CT molecular complexity index is 1150. The fraction of sp³-hybridized carbons (Fsp3) is 0.0455. The van der Waals surface area contributed by atoms with Crippen LogP contribution in [0.2, 0.25) is 0 Å². The van der Waals surface area contributed by atoms with Gasteiger partial charge in [0.15, 0.2) is 0 Å². The number of fused-ring (bicyclic) bond motifs is 1. The lowest BCUT2D eigenvalue weighted by Crippen LogP contribution is -2.36. The highest BCUT2D eigenvalue weighted by atomic mass is 32.2. The molecule has 0 unspecified atom stereocenters. The van der Waals surface area contributed by atoms with Gasteiger partial charge >= 0.3 is 0 Å². The lowest BCUT2D eigenvalue weighted by atomic mass is 10.0. The van der Waals surface area contributed by atoms with Crippen LogP contribution >= 0.6 is 0 Å². The fourth-order valence-corrected chi connectivity index (χ4v) is 4.44. The van der Waals surface area contributed by atoms with Crippen LogP contribution in [0.4, 0.5) is 0 Å². The standard InChI is InChI=1S/C22H18N2O3S/c25-22(17-11-5-2-6-12-17)21-20(23-15-16-9-3-1-4-10-16)18-13-7-8-14-19(18)28(26,27)24-21/h1-14,23-24H,15H2. The Morgan fingerprint density at radius 2 is 1.43 bits per heavy atom. The highest BCUT2D eigenvalue weighted by molar-refractivity contribution is 7.89. The van der Waals surface area contributed by atoms with Crippen molar-refractivity contribution in [3.05, 3.63) is 107 Å². The number of Topliss-reactive ketones (excluding diaryl/α,β-unsaturated/α-hetero) is 1. The van der Waals surface area contributed by atoms with Crippen LogP contribution in [0.25, 0.3) is 5.70 Å². The zero-order chi connectivity index (χ0) is 19.6. The van der Waals surface area contributed by atoms with Gasteiger partial charge in [0.05, 0.1) is 10.6 Å². The molecule has 0 aromatic heterocycles. The zero-order valence-electron chi connectivity index (χ0n) is 14.9. The molecule has 1 aliphatic heterocycles. The Morgan fingerprint density at radius 1 is 0.821 bits per heavy atom. The lowest BCUT2D eigenvalue weighted by Gasteiger charge is -2.25. The summed E-state index contributed by atoms with van der Waals surface area (Å²) in [6.45, 7) is 0.456. The molecule has 5 nitrogen and oxygen atoms in total. The van der Waals surface area contributed by atoms with Gasteiger partial charge in [-0.05, 0) is 11.6 Å². The average Bonchev–Trinajstić information content (AvgIpc) is 2.74. The van der Waals surface area contributed by atoms with Crippen molar-refractivity contribution in [1.29, 1.82) is 0 Å². The third-order valence-corrected chi connectivity index (χ3v) is 5.92. The van der Waals surface area contributed by atoms with Crippen LogP contribution in [0.3, 0.4) is 0 Å². The van der Waals surface area contributed by atoms with Crippen LogP contribution in [0, 0.1) is 0 Å². The normalized spacial score (nSPS) is 14.7. The Balaban J connectivity index is 1.83. The van der Waals surface area contributed by atoms with E-state index in [1.165, 1.54) is 6.07 Å². The number of carbonyl (C=O) groups excluding carboxylic acids is 1. The molecule has 0 saturated heterocycles. The second kappa shape index (κ2) is 7.32. The van der Waals surface area contributed by atoms with E-state index in [0.717, 1.165) is 5.56 Å². The molecule has 1 aliphatic rings. The molecule has 0 amide bonds. The maximum Gasteiger partial charge on any atom is 0.262 e. The van der Waals surface area contributed by atoms with Crippen molar-refractivity contribution in [3.63, 3.8) is 0 Å². The summed E-state index contributed by atoms with van der Waals surface area (Å²) in [5.41, 5.74) is 2.42.